The maximum Gasteiger partial charge on any atom is 0.252 e. The van der Waals surface area contributed by atoms with Crippen LogP contribution >= 0.6 is 11.6 Å². The molecule has 1 heterocycles. The quantitative estimate of drug-likeness (QED) is 0.636. The van der Waals surface area contributed by atoms with Gasteiger partial charge in [0.1, 0.15) is 5.82 Å². The summed E-state index contributed by atoms with van der Waals surface area (Å²) in [5, 5.41) is 6.69. The number of benzene rings is 2. The van der Waals surface area contributed by atoms with E-state index in [9.17, 15) is 9.18 Å². The third kappa shape index (κ3) is 5.05. The summed E-state index contributed by atoms with van der Waals surface area (Å²) >= 11 is 5.97. The molecule has 0 radical (unpaired) electrons. The van der Waals surface area contributed by atoms with Gasteiger partial charge in [-0.3, -0.25) is 9.78 Å². The van der Waals surface area contributed by atoms with E-state index in [-0.39, 0.29) is 11.7 Å². The second kappa shape index (κ2) is 8.64. The molecule has 0 saturated carbocycles. The molecule has 0 aliphatic heterocycles. The van der Waals surface area contributed by atoms with Gasteiger partial charge in [-0.05, 0) is 54.8 Å². The number of anilines is 2. The number of rotatable bonds is 6. The van der Waals surface area contributed by atoms with Gasteiger partial charge in [0.15, 0.2) is 0 Å². The lowest BCUT2D eigenvalue weighted by Gasteiger charge is -2.11. The average Bonchev–Trinajstić information content (AvgIpc) is 2.66. The Morgan fingerprint density at radius 2 is 1.96 bits per heavy atom. The minimum atomic E-state index is -0.266. The first-order chi connectivity index (χ1) is 13.0. The van der Waals surface area contributed by atoms with Crippen molar-refractivity contribution in [3.8, 4) is 0 Å². The third-order valence-electron chi connectivity index (χ3n) is 4.11. The summed E-state index contributed by atoms with van der Waals surface area (Å²) in [6.07, 6.45) is 3.57. The average molecular weight is 384 g/mol. The van der Waals surface area contributed by atoms with Crippen molar-refractivity contribution < 1.29 is 9.18 Å². The molecular formula is C21H19ClFN3O. The lowest BCUT2D eigenvalue weighted by atomic mass is 10.1. The normalized spacial score (nSPS) is 10.5. The molecule has 3 aromatic rings. The highest BCUT2D eigenvalue weighted by Crippen LogP contribution is 2.23. The van der Waals surface area contributed by atoms with Crippen LogP contribution in [0.15, 0.2) is 60.9 Å². The molecule has 27 heavy (non-hydrogen) atoms. The van der Waals surface area contributed by atoms with Crippen LogP contribution in [0.3, 0.4) is 0 Å². The Hall–Kier alpha value is -2.92. The van der Waals surface area contributed by atoms with E-state index in [1.54, 1.807) is 36.5 Å². The van der Waals surface area contributed by atoms with Gasteiger partial charge >= 0.3 is 0 Å². The molecule has 0 atom stereocenters. The number of aryl methyl sites for hydroxylation is 1. The van der Waals surface area contributed by atoms with E-state index in [0.29, 0.717) is 34.8 Å². The van der Waals surface area contributed by atoms with Crippen LogP contribution in [-0.4, -0.2) is 17.4 Å². The minimum Gasteiger partial charge on any atom is -0.354 e. The van der Waals surface area contributed by atoms with E-state index >= 15 is 0 Å². The fourth-order valence-corrected chi connectivity index (χ4v) is 2.90. The van der Waals surface area contributed by atoms with Crippen molar-refractivity contribution in [2.75, 3.05) is 11.9 Å². The number of pyridine rings is 1. The number of aromatic nitrogens is 1. The van der Waals surface area contributed by atoms with Crippen molar-refractivity contribution in [1.29, 1.82) is 0 Å². The topological polar surface area (TPSA) is 54.0 Å². The van der Waals surface area contributed by atoms with Crippen LogP contribution in [0, 0.1) is 12.7 Å². The van der Waals surface area contributed by atoms with Crippen LogP contribution in [0.25, 0.3) is 0 Å². The molecule has 0 saturated heterocycles. The summed E-state index contributed by atoms with van der Waals surface area (Å²) in [4.78, 5) is 16.5. The van der Waals surface area contributed by atoms with E-state index in [1.807, 2.05) is 19.1 Å². The van der Waals surface area contributed by atoms with Crippen LogP contribution in [0.4, 0.5) is 15.8 Å². The highest BCUT2D eigenvalue weighted by atomic mass is 35.5. The monoisotopic (exact) mass is 383 g/mol. The molecule has 0 spiro atoms. The van der Waals surface area contributed by atoms with Crippen molar-refractivity contribution >= 4 is 28.9 Å². The first-order valence-corrected chi connectivity index (χ1v) is 8.90. The summed E-state index contributed by atoms with van der Waals surface area (Å²) in [5.41, 5.74) is 3.58. The molecule has 0 bridgehead atoms. The van der Waals surface area contributed by atoms with Crippen molar-refractivity contribution in [1.82, 2.24) is 10.3 Å². The fourth-order valence-electron chi connectivity index (χ4n) is 2.67. The summed E-state index contributed by atoms with van der Waals surface area (Å²) in [5.74, 6) is -0.520. The molecule has 138 valence electrons. The van der Waals surface area contributed by atoms with E-state index < -0.39 is 0 Å². The molecule has 0 aliphatic rings. The SMILES string of the molecule is Cc1cc(Cl)ccc1Nc1cncc(C(=O)NCCc2ccccc2F)c1. The molecule has 0 fully saturated rings. The number of carbonyl (C=O) groups is 1. The second-order valence-corrected chi connectivity index (χ2v) is 6.58. The maximum atomic E-state index is 13.6. The Labute approximate surface area is 162 Å². The van der Waals surface area contributed by atoms with E-state index in [1.165, 1.54) is 12.3 Å². The highest BCUT2D eigenvalue weighted by molar-refractivity contribution is 6.30. The Kier molecular flexibility index (Phi) is 6.04. The van der Waals surface area contributed by atoms with Gasteiger partial charge in [0.2, 0.25) is 0 Å². The molecular weight excluding hydrogens is 365 g/mol. The predicted octanol–water partition coefficient (Wildman–Crippen LogP) is 4.90. The number of carbonyl (C=O) groups excluding carboxylic acids is 1. The van der Waals surface area contributed by atoms with Gasteiger partial charge in [0.05, 0.1) is 17.4 Å². The van der Waals surface area contributed by atoms with Crippen LogP contribution < -0.4 is 10.6 Å². The zero-order chi connectivity index (χ0) is 19.2. The largest absolute Gasteiger partial charge is 0.354 e. The maximum absolute atomic E-state index is 13.6. The molecule has 0 aliphatic carbocycles. The van der Waals surface area contributed by atoms with Gasteiger partial charge in [0, 0.05) is 23.5 Å². The molecule has 4 nitrogen and oxygen atoms in total. The van der Waals surface area contributed by atoms with E-state index in [4.69, 9.17) is 11.6 Å². The molecule has 1 amide bonds. The number of hydrogen-bond acceptors (Lipinski definition) is 3. The van der Waals surface area contributed by atoms with Gasteiger partial charge in [-0.1, -0.05) is 29.8 Å². The van der Waals surface area contributed by atoms with Crippen LogP contribution in [-0.2, 0) is 6.42 Å². The Bertz CT molecular complexity index is 962. The van der Waals surface area contributed by atoms with Crippen molar-refractivity contribution in [3.63, 3.8) is 0 Å². The summed E-state index contributed by atoms with van der Waals surface area (Å²) < 4.78 is 13.6. The summed E-state index contributed by atoms with van der Waals surface area (Å²) in [6, 6.07) is 13.8. The smallest absolute Gasteiger partial charge is 0.252 e. The minimum absolute atomic E-state index is 0.254. The first-order valence-electron chi connectivity index (χ1n) is 8.53. The van der Waals surface area contributed by atoms with Crippen molar-refractivity contribution in [3.05, 3.63) is 88.5 Å². The molecule has 0 unspecified atom stereocenters. The Morgan fingerprint density at radius 1 is 1.15 bits per heavy atom. The lowest BCUT2D eigenvalue weighted by molar-refractivity contribution is 0.0953. The van der Waals surface area contributed by atoms with Gasteiger partial charge in [-0.15, -0.1) is 0 Å². The number of hydrogen-bond donors (Lipinski definition) is 2. The second-order valence-electron chi connectivity index (χ2n) is 6.14. The Morgan fingerprint density at radius 3 is 2.74 bits per heavy atom. The van der Waals surface area contributed by atoms with Gasteiger partial charge in [0.25, 0.3) is 5.91 Å². The molecule has 6 heteroatoms. The van der Waals surface area contributed by atoms with Gasteiger partial charge in [-0.25, -0.2) is 4.39 Å². The van der Waals surface area contributed by atoms with E-state index in [2.05, 4.69) is 15.6 Å². The number of halogens is 2. The first kappa shape index (κ1) is 18.9. The highest BCUT2D eigenvalue weighted by Gasteiger charge is 2.08. The van der Waals surface area contributed by atoms with Crippen LogP contribution in [0.5, 0.6) is 0 Å². The zero-order valence-electron chi connectivity index (χ0n) is 14.8. The third-order valence-corrected chi connectivity index (χ3v) is 4.34. The van der Waals surface area contributed by atoms with E-state index in [0.717, 1.165) is 11.3 Å². The molecule has 2 N–H and O–H groups in total. The van der Waals surface area contributed by atoms with Gasteiger partial charge < -0.3 is 10.6 Å². The number of nitrogens with one attached hydrogen (secondary N) is 2. The van der Waals surface area contributed by atoms with Crippen molar-refractivity contribution in [2.45, 2.75) is 13.3 Å². The van der Waals surface area contributed by atoms with Crippen LogP contribution in [0.1, 0.15) is 21.5 Å². The molecule has 3 rings (SSSR count). The number of amides is 1. The number of nitrogens with zero attached hydrogens (tertiary/aromatic N) is 1. The zero-order valence-corrected chi connectivity index (χ0v) is 15.6. The summed E-state index contributed by atoms with van der Waals surface area (Å²) in [7, 11) is 0. The molecule has 2 aromatic carbocycles. The van der Waals surface area contributed by atoms with Gasteiger partial charge in [-0.2, -0.15) is 0 Å². The Balaban J connectivity index is 1.62. The fraction of sp³-hybridized carbons (Fsp3) is 0.143. The summed E-state index contributed by atoms with van der Waals surface area (Å²) in [6.45, 7) is 2.29. The predicted molar refractivity (Wildman–Crippen MR) is 106 cm³/mol. The molecule has 1 aromatic heterocycles. The standard InChI is InChI=1S/C21H19ClFN3O/c1-14-10-17(22)6-7-20(14)26-18-11-16(12-24-13-18)21(27)25-9-8-15-4-2-3-5-19(15)23/h2-7,10-13,26H,8-9H2,1H3,(H,25,27). The van der Waals surface area contributed by atoms with Crippen LogP contribution in [0.2, 0.25) is 5.02 Å². The van der Waals surface area contributed by atoms with Crippen molar-refractivity contribution in [2.24, 2.45) is 0 Å². The lowest BCUT2D eigenvalue weighted by Crippen LogP contribution is -2.26.